The van der Waals surface area contributed by atoms with Crippen molar-refractivity contribution in [3.8, 4) is 0 Å². The molecule has 4 heteroatoms. The fraction of sp³-hybridized carbons (Fsp3) is 0.538. The van der Waals surface area contributed by atoms with Crippen molar-refractivity contribution >= 4 is 15.9 Å². The van der Waals surface area contributed by atoms with Gasteiger partial charge in [-0.3, -0.25) is 4.90 Å². The molecule has 94 valence electrons. The maximum absolute atomic E-state index is 5.93. The maximum atomic E-state index is 5.93. The minimum Gasteiger partial charge on any atom is -0.380 e. The first kappa shape index (κ1) is 13.0. The second-order valence-corrected chi connectivity index (χ2v) is 5.41. The number of nitrogens with two attached hydrogens (primary N) is 1. The predicted octanol–water partition coefficient (Wildman–Crippen LogP) is 2.17. The van der Waals surface area contributed by atoms with Crippen LogP contribution in [0.3, 0.4) is 0 Å². The lowest BCUT2D eigenvalue weighted by molar-refractivity contribution is 0.134. The Labute approximate surface area is 111 Å². The molecule has 17 heavy (non-hydrogen) atoms. The van der Waals surface area contributed by atoms with Crippen LogP contribution >= 0.6 is 15.9 Å². The van der Waals surface area contributed by atoms with Gasteiger partial charge in [0.2, 0.25) is 0 Å². The molecule has 1 aromatic carbocycles. The molecule has 2 unspecified atom stereocenters. The van der Waals surface area contributed by atoms with E-state index in [1.54, 1.807) is 0 Å². The highest BCUT2D eigenvalue weighted by molar-refractivity contribution is 9.10. The van der Waals surface area contributed by atoms with Crippen LogP contribution in [-0.2, 0) is 4.74 Å². The molecule has 1 aliphatic heterocycles. The highest BCUT2D eigenvalue weighted by Crippen LogP contribution is 2.25. The highest BCUT2D eigenvalue weighted by atomic mass is 79.9. The lowest BCUT2D eigenvalue weighted by Gasteiger charge is -2.31. The molecular formula is C13H19BrN2O. The number of rotatable bonds is 4. The van der Waals surface area contributed by atoms with E-state index in [0.717, 1.165) is 24.1 Å². The SMILES string of the molecule is CN(C1CCOC1)C(CN)c1cccc(Br)c1. The van der Waals surface area contributed by atoms with Gasteiger partial charge >= 0.3 is 0 Å². The molecule has 3 nitrogen and oxygen atoms in total. The molecule has 0 amide bonds. The van der Waals surface area contributed by atoms with Gasteiger partial charge in [0.25, 0.3) is 0 Å². The Balaban J connectivity index is 2.14. The molecule has 1 aromatic rings. The van der Waals surface area contributed by atoms with Crippen molar-refractivity contribution in [2.75, 3.05) is 26.8 Å². The van der Waals surface area contributed by atoms with Crippen LogP contribution in [0.4, 0.5) is 0 Å². The van der Waals surface area contributed by atoms with E-state index in [1.165, 1.54) is 5.56 Å². The van der Waals surface area contributed by atoms with Crippen LogP contribution in [0.15, 0.2) is 28.7 Å². The van der Waals surface area contributed by atoms with Gasteiger partial charge in [0.1, 0.15) is 0 Å². The largest absolute Gasteiger partial charge is 0.380 e. The minimum atomic E-state index is 0.263. The summed E-state index contributed by atoms with van der Waals surface area (Å²) in [6.45, 7) is 2.31. The third kappa shape index (κ3) is 3.07. The van der Waals surface area contributed by atoms with E-state index in [-0.39, 0.29) is 6.04 Å². The van der Waals surface area contributed by atoms with E-state index in [0.29, 0.717) is 12.6 Å². The number of nitrogens with zero attached hydrogens (tertiary/aromatic N) is 1. The average Bonchev–Trinajstić information content (AvgIpc) is 2.83. The Kier molecular flexibility index (Phi) is 4.56. The van der Waals surface area contributed by atoms with Crippen LogP contribution in [-0.4, -0.2) is 37.7 Å². The number of benzene rings is 1. The lowest BCUT2D eigenvalue weighted by Crippen LogP contribution is -2.38. The smallest absolute Gasteiger partial charge is 0.0622 e. The summed E-state index contributed by atoms with van der Waals surface area (Å²) < 4.78 is 6.54. The molecule has 1 heterocycles. The number of hydrogen-bond donors (Lipinski definition) is 1. The number of ether oxygens (including phenoxy) is 1. The van der Waals surface area contributed by atoms with E-state index < -0.39 is 0 Å². The fourth-order valence-electron chi connectivity index (χ4n) is 2.35. The quantitative estimate of drug-likeness (QED) is 0.926. The molecule has 0 aromatic heterocycles. The summed E-state index contributed by atoms with van der Waals surface area (Å²) in [7, 11) is 2.14. The zero-order valence-corrected chi connectivity index (χ0v) is 11.7. The van der Waals surface area contributed by atoms with Gasteiger partial charge in [0, 0.05) is 29.7 Å². The molecule has 0 saturated carbocycles. The van der Waals surface area contributed by atoms with Gasteiger partial charge in [-0.2, -0.15) is 0 Å². The summed E-state index contributed by atoms with van der Waals surface area (Å²) in [6, 6.07) is 9.12. The molecule has 1 saturated heterocycles. The second kappa shape index (κ2) is 5.96. The molecule has 1 aliphatic rings. The predicted molar refractivity (Wildman–Crippen MR) is 72.9 cm³/mol. The summed E-state index contributed by atoms with van der Waals surface area (Å²) in [5.74, 6) is 0. The van der Waals surface area contributed by atoms with Gasteiger partial charge < -0.3 is 10.5 Å². The summed E-state index contributed by atoms with van der Waals surface area (Å²) in [6.07, 6.45) is 1.10. The molecule has 2 atom stereocenters. The van der Waals surface area contributed by atoms with Crippen molar-refractivity contribution in [1.82, 2.24) is 4.90 Å². The van der Waals surface area contributed by atoms with E-state index >= 15 is 0 Å². The first-order valence-corrected chi connectivity index (χ1v) is 6.77. The van der Waals surface area contributed by atoms with Crippen molar-refractivity contribution in [2.24, 2.45) is 5.73 Å². The molecule has 0 aliphatic carbocycles. The zero-order valence-electron chi connectivity index (χ0n) is 10.1. The van der Waals surface area contributed by atoms with Crippen LogP contribution < -0.4 is 5.73 Å². The van der Waals surface area contributed by atoms with Gasteiger partial charge in [-0.25, -0.2) is 0 Å². The van der Waals surface area contributed by atoms with E-state index in [1.807, 2.05) is 6.07 Å². The summed E-state index contributed by atoms with van der Waals surface area (Å²) in [5.41, 5.74) is 7.19. The Bertz CT molecular complexity index is 366. The molecule has 2 N–H and O–H groups in total. The molecule has 2 rings (SSSR count). The number of likely N-dealkylation sites (N-methyl/N-ethyl adjacent to an activating group) is 1. The van der Waals surface area contributed by atoms with Crippen LogP contribution in [0.1, 0.15) is 18.0 Å². The van der Waals surface area contributed by atoms with Crippen LogP contribution in [0.25, 0.3) is 0 Å². The van der Waals surface area contributed by atoms with Gasteiger partial charge in [0.05, 0.1) is 6.61 Å². The summed E-state index contributed by atoms with van der Waals surface area (Å²) >= 11 is 3.51. The third-order valence-electron chi connectivity index (χ3n) is 3.43. The summed E-state index contributed by atoms with van der Waals surface area (Å²) in [4.78, 5) is 2.34. The molecule has 0 radical (unpaired) electrons. The van der Waals surface area contributed by atoms with Crippen molar-refractivity contribution in [3.05, 3.63) is 34.3 Å². The molecular weight excluding hydrogens is 280 g/mol. The monoisotopic (exact) mass is 298 g/mol. The molecule has 0 bridgehead atoms. The highest BCUT2D eigenvalue weighted by Gasteiger charge is 2.26. The van der Waals surface area contributed by atoms with Crippen molar-refractivity contribution in [2.45, 2.75) is 18.5 Å². The van der Waals surface area contributed by atoms with Gasteiger partial charge in [-0.1, -0.05) is 28.1 Å². The second-order valence-electron chi connectivity index (χ2n) is 4.49. The number of hydrogen-bond acceptors (Lipinski definition) is 3. The van der Waals surface area contributed by atoms with Crippen LogP contribution in [0, 0.1) is 0 Å². The Morgan fingerprint density at radius 3 is 3.00 bits per heavy atom. The maximum Gasteiger partial charge on any atom is 0.0622 e. The topological polar surface area (TPSA) is 38.5 Å². The minimum absolute atomic E-state index is 0.263. The normalized spacial score (nSPS) is 22.0. The Hall–Kier alpha value is -0.420. The van der Waals surface area contributed by atoms with Crippen LogP contribution in [0.5, 0.6) is 0 Å². The first-order valence-electron chi connectivity index (χ1n) is 5.97. The fourth-order valence-corrected chi connectivity index (χ4v) is 2.77. The molecule has 0 spiro atoms. The Morgan fingerprint density at radius 1 is 1.59 bits per heavy atom. The summed E-state index contributed by atoms with van der Waals surface area (Å²) in [5, 5.41) is 0. The van der Waals surface area contributed by atoms with Crippen molar-refractivity contribution in [3.63, 3.8) is 0 Å². The van der Waals surface area contributed by atoms with Gasteiger partial charge in [0.15, 0.2) is 0 Å². The van der Waals surface area contributed by atoms with Crippen molar-refractivity contribution < 1.29 is 4.74 Å². The third-order valence-corrected chi connectivity index (χ3v) is 3.92. The van der Waals surface area contributed by atoms with E-state index in [4.69, 9.17) is 10.5 Å². The average molecular weight is 299 g/mol. The lowest BCUT2D eigenvalue weighted by atomic mass is 10.0. The molecule has 1 fully saturated rings. The van der Waals surface area contributed by atoms with Gasteiger partial charge in [-0.15, -0.1) is 0 Å². The standard InChI is InChI=1S/C13H19BrN2O/c1-16(12-5-6-17-9-12)13(8-15)10-3-2-4-11(14)7-10/h2-4,7,12-13H,5-6,8-9,15H2,1H3. The van der Waals surface area contributed by atoms with E-state index in [9.17, 15) is 0 Å². The number of halogens is 1. The zero-order chi connectivity index (χ0) is 12.3. The Morgan fingerprint density at radius 2 is 2.41 bits per heavy atom. The first-order chi connectivity index (χ1) is 8.22. The van der Waals surface area contributed by atoms with Crippen molar-refractivity contribution in [1.29, 1.82) is 0 Å². The van der Waals surface area contributed by atoms with E-state index in [2.05, 4.69) is 46.1 Å². The van der Waals surface area contributed by atoms with Gasteiger partial charge in [-0.05, 0) is 31.2 Å². The van der Waals surface area contributed by atoms with Crippen LogP contribution in [0.2, 0.25) is 0 Å².